The lowest BCUT2D eigenvalue weighted by atomic mass is 10.3. The SMILES string of the molecule is NC(=O)C[C@](O)(NS(=O)(=O)N1CCN(c2ccc(Cl)cn2)CC1)Sc1ccccn1. The number of amides is 1. The van der Waals surface area contributed by atoms with Gasteiger partial charge in [0.25, 0.3) is 10.2 Å². The average molecular weight is 473 g/mol. The van der Waals surface area contributed by atoms with E-state index in [1.807, 2.05) is 4.90 Å². The molecule has 1 amide bonds. The van der Waals surface area contributed by atoms with Crippen molar-refractivity contribution >= 4 is 45.3 Å². The third kappa shape index (κ3) is 6.03. The van der Waals surface area contributed by atoms with Gasteiger partial charge in [0, 0.05) is 38.6 Å². The Hall–Kier alpha value is -1.96. The topological polar surface area (TPSA) is 142 Å². The third-order valence-corrected chi connectivity index (χ3v) is 7.26. The van der Waals surface area contributed by atoms with Crippen molar-refractivity contribution in [3.05, 3.63) is 47.7 Å². The first-order valence-electron chi connectivity index (χ1n) is 8.93. The molecule has 0 bridgehead atoms. The van der Waals surface area contributed by atoms with Crippen LogP contribution < -0.4 is 15.4 Å². The Bertz CT molecular complexity index is 972. The molecule has 1 atom stereocenters. The number of thioether (sulfide) groups is 1. The van der Waals surface area contributed by atoms with Crippen LogP contribution in [-0.4, -0.2) is 64.9 Å². The number of anilines is 1. The Labute approximate surface area is 183 Å². The molecule has 0 saturated carbocycles. The van der Waals surface area contributed by atoms with E-state index in [9.17, 15) is 18.3 Å². The lowest BCUT2D eigenvalue weighted by Gasteiger charge is -2.36. The molecule has 0 radical (unpaired) electrons. The van der Waals surface area contributed by atoms with Crippen molar-refractivity contribution in [2.75, 3.05) is 31.1 Å². The van der Waals surface area contributed by atoms with Crippen LogP contribution in [0.4, 0.5) is 5.82 Å². The molecule has 4 N–H and O–H groups in total. The molecule has 1 aliphatic heterocycles. The van der Waals surface area contributed by atoms with E-state index < -0.39 is 27.6 Å². The summed E-state index contributed by atoms with van der Waals surface area (Å²) in [7, 11) is -4.11. The van der Waals surface area contributed by atoms with Crippen LogP contribution in [0.15, 0.2) is 47.8 Å². The number of hydrogen-bond donors (Lipinski definition) is 3. The number of nitrogens with zero attached hydrogens (tertiary/aromatic N) is 4. The molecule has 0 unspecified atom stereocenters. The van der Waals surface area contributed by atoms with Gasteiger partial charge in [0.15, 0.2) is 5.06 Å². The van der Waals surface area contributed by atoms with Crippen LogP contribution in [0.2, 0.25) is 5.02 Å². The largest absolute Gasteiger partial charge is 0.370 e. The molecular formula is C17H21ClN6O4S2. The van der Waals surface area contributed by atoms with Gasteiger partial charge in [-0.15, -0.1) is 0 Å². The van der Waals surface area contributed by atoms with Gasteiger partial charge in [-0.25, -0.2) is 9.97 Å². The number of piperazine rings is 1. The van der Waals surface area contributed by atoms with Crippen molar-refractivity contribution in [2.45, 2.75) is 16.5 Å². The first kappa shape index (κ1) is 22.7. The summed E-state index contributed by atoms with van der Waals surface area (Å²) in [6, 6.07) is 8.42. The first-order chi connectivity index (χ1) is 14.2. The maximum atomic E-state index is 12.9. The van der Waals surface area contributed by atoms with E-state index >= 15 is 0 Å². The van der Waals surface area contributed by atoms with Gasteiger partial charge >= 0.3 is 0 Å². The third-order valence-electron chi connectivity index (χ3n) is 4.23. The van der Waals surface area contributed by atoms with Crippen molar-refractivity contribution < 1.29 is 18.3 Å². The van der Waals surface area contributed by atoms with Crippen LogP contribution in [-0.2, 0) is 15.0 Å². The minimum atomic E-state index is -4.11. The van der Waals surface area contributed by atoms with E-state index in [-0.39, 0.29) is 13.1 Å². The maximum Gasteiger partial charge on any atom is 0.282 e. The smallest absolute Gasteiger partial charge is 0.282 e. The maximum absolute atomic E-state index is 12.9. The summed E-state index contributed by atoms with van der Waals surface area (Å²) in [4.78, 5) is 21.7. The Kier molecular flexibility index (Phi) is 7.16. The summed E-state index contributed by atoms with van der Waals surface area (Å²) in [6.45, 7) is 1.13. The molecule has 3 heterocycles. The van der Waals surface area contributed by atoms with Crippen molar-refractivity contribution in [3.63, 3.8) is 0 Å². The van der Waals surface area contributed by atoms with Crippen LogP contribution in [0.5, 0.6) is 0 Å². The quantitative estimate of drug-likeness (QED) is 0.370. The Morgan fingerprint density at radius 3 is 2.53 bits per heavy atom. The lowest BCUT2D eigenvalue weighted by molar-refractivity contribution is -0.120. The zero-order valence-corrected chi connectivity index (χ0v) is 18.2. The van der Waals surface area contributed by atoms with Gasteiger partial charge in [-0.2, -0.15) is 17.4 Å². The van der Waals surface area contributed by atoms with E-state index in [1.165, 1.54) is 16.7 Å². The minimum absolute atomic E-state index is 0.167. The van der Waals surface area contributed by atoms with E-state index in [0.29, 0.717) is 40.7 Å². The lowest BCUT2D eigenvalue weighted by Crippen LogP contribution is -2.57. The molecule has 2 aromatic rings. The second-order valence-corrected chi connectivity index (χ2v) is 9.93. The second kappa shape index (κ2) is 9.45. The van der Waals surface area contributed by atoms with Gasteiger partial charge in [-0.1, -0.05) is 29.4 Å². The van der Waals surface area contributed by atoms with Crippen LogP contribution in [0.25, 0.3) is 0 Å². The normalized spacial score (nSPS) is 17.5. The van der Waals surface area contributed by atoms with Crippen molar-refractivity contribution in [3.8, 4) is 0 Å². The number of primary amides is 1. The van der Waals surface area contributed by atoms with Crippen LogP contribution in [0.1, 0.15) is 6.42 Å². The number of hydrogen-bond acceptors (Lipinski definition) is 8. The number of carbonyl (C=O) groups is 1. The number of aliphatic hydroxyl groups is 1. The first-order valence-corrected chi connectivity index (χ1v) is 11.6. The zero-order valence-electron chi connectivity index (χ0n) is 15.8. The number of carbonyl (C=O) groups excluding carboxylic acids is 1. The molecule has 1 aliphatic rings. The molecule has 30 heavy (non-hydrogen) atoms. The molecule has 2 aromatic heterocycles. The summed E-state index contributed by atoms with van der Waals surface area (Å²) in [5.41, 5.74) is 5.22. The standard InChI is InChI=1S/C17H21ClN6O4S2/c18-13-4-5-15(21-12-13)23-7-9-24(10-8-23)30(27,28)22-17(26,11-14(19)25)29-16-3-1-2-6-20-16/h1-6,12,22,26H,7-11H2,(H2,19,25)/t17-/m1/s1. The van der Waals surface area contributed by atoms with Gasteiger partial charge in [-0.3, -0.25) is 4.79 Å². The van der Waals surface area contributed by atoms with E-state index in [0.717, 1.165) is 0 Å². The van der Waals surface area contributed by atoms with Gasteiger partial charge in [0.05, 0.1) is 11.4 Å². The fraction of sp³-hybridized carbons (Fsp3) is 0.353. The summed E-state index contributed by atoms with van der Waals surface area (Å²) in [6.07, 6.45) is 2.40. The van der Waals surface area contributed by atoms with Crippen LogP contribution >= 0.6 is 23.4 Å². The Morgan fingerprint density at radius 1 is 1.23 bits per heavy atom. The molecule has 162 valence electrons. The van der Waals surface area contributed by atoms with Crippen molar-refractivity contribution in [1.29, 1.82) is 0 Å². The predicted molar refractivity (Wildman–Crippen MR) is 114 cm³/mol. The monoisotopic (exact) mass is 472 g/mol. The van der Waals surface area contributed by atoms with Gasteiger partial charge in [0.1, 0.15) is 10.8 Å². The molecular weight excluding hydrogens is 452 g/mol. The van der Waals surface area contributed by atoms with Crippen molar-refractivity contribution in [2.24, 2.45) is 5.73 Å². The Morgan fingerprint density at radius 2 is 1.97 bits per heavy atom. The highest BCUT2D eigenvalue weighted by molar-refractivity contribution is 8.01. The van der Waals surface area contributed by atoms with E-state index in [1.54, 1.807) is 30.3 Å². The Balaban J connectivity index is 1.68. The highest BCUT2D eigenvalue weighted by Gasteiger charge is 2.39. The average Bonchev–Trinajstić information content (AvgIpc) is 2.68. The van der Waals surface area contributed by atoms with Crippen LogP contribution in [0.3, 0.4) is 0 Å². The number of nitrogens with two attached hydrogens (primary N) is 1. The van der Waals surface area contributed by atoms with E-state index in [2.05, 4.69) is 14.7 Å². The molecule has 1 fully saturated rings. The highest BCUT2D eigenvalue weighted by Crippen LogP contribution is 2.31. The fourth-order valence-electron chi connectivity index (χ4n) is 2.89. The van der Waals surface area contributed by atoms with Crippen molar-refractivity contribution in [1.82, 2.24) is 19.0 Å². The van der Waals surface area contributed by atoms with Gasteiger partial charge < -0.3 is 15.7 Å². The fourth-order valence-corrected chi connectivity index (χ4v) is 5.55. The molecule has 3 rings (SSSR count). The zero-order chi connectivity index (χ0) is 21.8. The summed E-state index contributed by atoms with van der Waals surface area (Å²) < 4.78 is 29.2. The summed E-state index contributed by atoms with van der Waals surface area (Å²) in [5.74, 6) is -0.164. The van der Waals surface area contributed by atoms with Gasteiger partial charge in [0.2, 0.25) is 5.91 Å². The minimum Gasteiger partial charge on any atom is -0.370 e. The number of rotatable bonds is 8. The second-order valence-electron chi connectivity index (χ2n) is 6.53. The molecule has 0 aromatic carbocycles. The molecule has 13 heteroatoms. The summed E-state index contributed by atoms with van der Waals surface area (Å²) in [5, 5.41) is 9.51. The number of nitrogens with one attached hydrogen (secondary N) is 1. The van der Waals surface area contributed by atoms with Gasteiger partial charge in [-0.05, 0) is 24.3 Å². The van der Waals surface area contributed by atoms with E-state index in [4.69, 9.17) is 17.3 Å². The molecule has 10 nitrogen and oxygen atoms in total. The predicted octanol–water partition coefficient (Wildman–Crippen LogP) is 0.400. The highest BCUT2D eigenvalue weighted by atomic mass is 35.5. The molecule has 0 spiro atoms. The number of aromatic nitrogens is 2. The molecule has 1 saturated heterocycles. The number of halogens is 1. The molecule has 0 aliphatic carbocycles. The van der Waals surface area contributed by atoms with Crippen LogP contribution in [0, 0.1) is 0 Å². The number of pyridine rings is 2. The summed E-state index contributed by atoms with van der Waals surface area (Å²) >= 11 is 6.55.